The summed E-state index contributed by atoms with van der Waals surface area (Å²) in [6, 6.07) is 4.48. The first-order valence-corrected chi connectivity index (χ1v) is 6.18. The van der Waals surface area contributed by atoms with Crippen LogP contribution in [0.15, 0.2) is 18.5 Å². The highest BCUT2D eigenvalue weighted by Crippen LogP contribution is 2.58. The standard InChI is InChI=1S/C14H16N2O/c1-13-4-5-14(2,17-13)10-7-12-11(6-9(10)13)15-8-16(12)3/h6-8H,4-5H2,1-3H3. The van der Waals surface area contributed by atoms with Crippen LogP contribution in [0.25, 0.3) is 11.0 Å². The molecule has 3 heterocycles. The number of ether oxygens (including phenoxy) is 1. The summed E-state index contributed by atoms with van der Waals surface area (Å²) >= 11 is 0. The maximum atomic E-state index is 6.26. The van der Waals surface area contributed by atoms with Gasteiger partial charge in [0.15, 0.2) is 0 Å². The second-order valence-electron chi connectivity index (χ2n) is 5.81. The van der Waals surface area contributed by atoms with Crippen molar-refractivity contribution in [1.29, 1.82) is 0 Å². The molecular weight excluding hydrogens is 212 g/mol. The number of hydrogen-bond donors (Lipinski definition) is 0. The molecule has 0 spiro atoms. The lowest BCUT2D eigenvalue weighted by molar-refractivity contribution is -0.0661. The van der Waals surface area contributed by atoms with Crippen molar-refractivity contribution in [3.05, 3.63) is 29.6 Å². The summed E-state index contributed by atoms with van der Waals surface area (Å²) in [5.41, 5.74) is 4.81. The molecule has 4 rings (SSSR count). The highest BCUT2D eigenvalue weighted by Gasteiger charge is 2.54. The minimum atomic E-state index is -0.0875. The zero-order valence-electron chi connectivity index (χ0n) is 10.4. The van der Waals surface area contributed by atoms with E-state index in [0.29, 0.717) is 0 Å². The number of hydrogen-bond acceptors (Lipinski definition) is 2. The highest BCUT2D eigenvalue weighted by atomic mass is 16.5. The Balaban J connectivity index is 2.11. The van der Waals surface area contributed by atoms with Crippen molar-refractivity contribution in [3.8, 4) is 0 Å². The maximum absolute atomic E-state index is 6.26. The topological polar surface area (TPSA) is 27.1 Å². The van der Waals surface area contributed by atoms with Crippen LogP contribution in [0.2, 0.25) is 0 Å². The first-order chi connectivity index (χ1) is 8.02. The average molecular weight is 228 g/mol. The van der Waals surface area contributed by atoms with Gasteiger partial charge in [-0.15, -0.1) is 0 Å². The zero-order valence-corrected chi connectivity index (χ0v) is 10.4. The van der Waals surface area contributed by atoms with Gasteiger partial charge in [-0.1, -0.05) is 0 Å². The van der Waals surface area contributed by atoms with Crippen LogP contribution in [0.1, 0.15) is 37.8 Å². The lowest BCUT2D eigenvalue weighted by Crippen LogP contribution is -2.17. The molecule has 1 saturated heterocycles. The van der Waals surface area contributed by atoms with Gasteiger partial charge in [-0.2, -0.15) is 0 Å². The Morgan fingerprint density at radius 3 is 2.53 bits per heavy atom. The first kappa shape index (κ1) is 9.66. The molecule has 1 fully saturated rings. The fourth-order valence-electron chi connectivity index (χ4n) is 3.50. The van der Waals surface area contributed by atoms with E-state index in [-0.39, 0.29) is 11.2 Å². The van der Waals surface area contributed by atoms with E-state index in [9.17, 15) is 0 Å². The van der Waals surface area contributed by atoms with Gasteiger partial charge < -0.3 is 9.30 Å². The molecule has 2 unspecified atom stereocenters. The van der Waals surface area contributed by atoms with Gasteiger partial charge in [0, 0.05) is 7.05 Å². The molecule has 0 amide bonds. The molecule has 88 valence electrons. The molecule has 0 N–H and O–H groups in total. The molecule has 0 aliphatic carbocycles. The Labute approximate surface area is 100 Å². The second kappa shape index (κ2) is 2.56. The second-order valence-corrected chi connectivity index (χ2v) is 5.81. The van der Waals surface area contributed by atoms with E-state index in [2.05, 4.69) is 35.5 Å². The lowest BCUT2D eigenvalue weighted by atomic mass is 9.78. The quantitative estimate of drug-likeness (QED) is 0.693. The highest BCUT2D eigenvalue weighted by molar-refractivity contribution is 5.78. The van der Waals surface area contributed by atoms with E-state index >= 15 is 0 Å². The molecule has 2 bridgehead atoms. The van der Waals surface area contributed by atoms with Crippen molar-refractivity contribution in [1.82, 2.24) is 9.55 Å². The van der Waals surface area contributed by atoms with E-state index < -0.39 is 0 Å². The number of imidazole rings is 1. The van der Waals surface area contributed by atoms with Crippen LogP contribution in [-0.4, -0.2) is 9.55 Å². The zero-order chi connectivity index (χ0) is 11.8. The third kappa shape index (κ3) is 0.990. The van der Waals surface area contributed by atoms with Crippen molar-refractivity contribution in [3.63, 3.8) is 0 Å². The van der Waals surface area contributed by atoms with Crippen LogP contribution < -0.4 is 0 Å². The number of aromatic nitrogens is 2. The fraction of sp³-hybridized carbons (Fsp3) is 0.500. The number of nitrogens with zero attached hydrogens (tertiary/aromatic N) is 2. The van der Waals surface area contributed by atoms with Gasteiger partial charge in [0.05, 0.1) is 28.6 Å². The minimum Gasteiger partial charge on any atom is -0.360 e. The molecule has 2 aromatic rings. The predicted molar refractivity (Wildman–Crippen MR) is 65.7 cm³/mol. The van der Waals surface area contributed by atoms with Crippen LogP contribution >= 0.6 is 0 Å². The van der Waals surface area contributed by atoms with Crippen molar-refractivity contribution in [2.24, 2.45) is 7.05 Å². The van der Waals surface area contributed by atoms with Crippen molar-refractivity contribution < 1.29 is 4.74 Å². The summed E-state index contributed by atoms with van der Waals surface area (Å²) < 4.78 is 8.34. The van der Waals surface area contributed by atoms with Gasteiger partial charge in [0.2, 0.25) is 0 Å². The molecule has 1 aromatic heterocycles. The number of rotatable bonds is 0. The van der Waals surface area contributed by atoms with Gasteiger partial charge in [0.1, 0.15) is 0 Å². The van der Waals surface area contributed by atoms with Crippen LogP contribution in [0.3, 0.4) is 0 Å². The summed E-state index contributed by atoms with van der Waals surface area (Å²) in [7, 11) is 2.04. The molecular formula is C14H16N2O. The van der Waals surface area contributed by atoms with E-state index in [4.69, 9.17) is 4.74 Å². The van der Waals surface area contributed by atoms with Crippen LogP contribution in [-0.2, 0) is 23.0 Å². The smallest absolute Gasteiger partial charge is 0.0955 e. The Morgan fingerprint density at radius 1 is 1.18 bits per heavy atom. The maximum Gasteiger partial charge on any atom is 0.0955 e. The Hall–Kier alpha value is -1.35. The third-order valence-corrected chi connectivity index (χ3v) is 4.53. The lowest BCUT2D eigenvalue weighted by Gasteiger charge is -2.22. The van der Waals surface area contributed by atoms with Gasteiger partial charge in [0.25, 0.3) is 0 Å². The summed E-state index contributed by atoms with van der Waals surface area (Å²) in [5.74, 6) is 0. The predicted octanol–water partition coefficient (Wildman–Crippen LogP) is 2.83. The molecule has 2 aliphatic rings. The summed E-state index contributed by atoms with van der Waals surface area (Å²) in [6.07, 6.45) is 4.13. The van der Waals surface area contributed by atoms with E-state index in [1.54, 1.807) is 0 Å². The van der Waals surface area contributed by atoms with E-state index in [1.807, 2.05) is 13.4 Å². The molecule has 0 radical (unpaired) electrons. The normalized spacial score (nSPS) is 34.5. The molecule has 17 heavy (non-hydrogen) atoms. The fourth-order valence-corrected chi connectivity index (χ4v) is 3.50. The van der Waals surface area contributed by atoms with E-state index in [0.717, 1.165) is 18.4 Å². The summed E-state index contributed by atoms with van der Waals surface area (Å²) in [4.78, 5) is 4.44. The van der Waals surface area contributed by atoms with Crippen molar-refractivity contribution >= 4 is 11.0 Å². The van der Waals surface area contributed by atoms with Gasteiger partial charge >= 0.3 is 0 Å². The van der Waals surface area contributed by atoms with Gasteiger partial charge in [-0.05, 0) is 49.9 Å². The molecule has 0 saturated carbocycles. The van der Waals surface area contributed by atoms with Crippen LogP contribution in [0.5, 0.6) is 0 Å². The van der Waals surface area contributed by atoms with E-state index in [1.165, 1.54) is 16.6 Å². The third-order valence-electron chi connectivity index (χ3n) is 4.53. The molecule has 3 nitrogen and oxygen atoms in total. The average Bonchev–Trinajstić information content (AvgIpc) is 2.87. The van der Waals surface area contributed by atoms with Crippen molar-refractivity contribution in [2.75, 3.05) is 0 Å². The largest absolute Gasteiger partial charge is 0.360 e. The molecule has 1 aromatic carbocycles. The Kier molecular flexibility index (Phi) is 1.45. The first-order valence-electron chi connectivity index (χ1n) is 6.18. The Bertz CT molecular complexity index is 645. The van der Waals surface area contributed by atoms with Crippen LogP contribution in [0, 0.1) is 0 Å². The number of benzene rings is 1. The van der Waals surface area contributed by atoms with Gasteiger partial charge in [-0.3, -0.25) is 0 Å². The molecule has 2 atom stereocenters. The Morgan fingerprint density at radius 2 is 1.82 bits per heavy atom. The van der Waals surface area contributed by atoms with Gasteiger partial charge in [-0.25, -0.2) is 4.98 Å². The van der Waals surface area contributed by atoms with Crippen molar-refractivity contribution in [2.45, 2.75) is 37.9 Å². The SMILES string of the molecule is Cn1cnc2cc3c(cc21)C1(C)CCC3(C)O1. The molecule has 3 heteroatoms. The number of fused-ring (bicyclic) bond motifs is 6. The number of aryl methyl sites for hydroxylation is 1. The summed E-state index contributed by atoms with van der Waals surface area (Å²) in [6.45, 7) is 4.42. The minimum absolute atomic E-state index is 0.0808. The molecule has 2 aliphatic heterocycles. The van der Waals surface area contributed by atoms with Crippen LogP contribution in [0.4, 0.5) is 0 Å². The summed E-state index contributed by atoms with van der Waals surface area (Å²) in [5, 5.41) is 0. The monoisotopic (exact) mass is 228 g/mol.